The van der Waals surface area contributed by atoms with Crippen molar-refractivity contribution in [3.05, 3.63) is 0 Å². The molecule has 0 rings (SSSR count). The van der Waals surface area contributed by atoms with E-state index in [0.717, 1.165) is 6.42 Å². The molecule has 0 aromatic rings. The summed E-state index contributed by atoms with van der Waals surface area (Å²) in [5, 5.41) is 0. The number of carbonyl (C=O) groups is 1. The summed E-state index contributed by atoms with van der Waals surface area (Å²) in [6, 6.07) is 0. The van der Waals surface area contributed by atoms with Crippen molar-refractivity contribution in [1.82, 2.24) is 0 Å². The van der Waals surface area contributed by atoms with Gasteiger partial charge in [0, 0.05) is 0 Å². The molecule has 3 heteroatoms. The third kappa shape index (κ3) is 5.42. The molecule has 2 nitrogen and oxygen atoms in total. The molecule has 0 heterocycles. The summed E-state index contributed by atoms with van der Waals surface area (Å²) < 4.78 is 4.95. The van der Waals surface area contributed by atoms with Gasteiger partial charge in [-0.2, -0.15) is 0 Å². The Kier molecular flexibility index (Phi) is 4.61. The standard InChI is InChI=1S/C9H17ClO2/c1-7(2)5-6-12-8(11)9(3,4)10/h7H,5-6H2,1-4H3. The topological polar surface area (TPSA) is 26.3 Å². The van der Waals surface area contributed by atoms with Crippen molar-refractivity contribution in [2.24, 2.45) is 5.92 Å². The number of ether oxygens (including phenoxy) is 1. The minimum absolute atomic E-state index is 0.343. The lowest BCUT2D eigenvalue weighted by atomic mass is 10.1. The predicted molar refractivity (Wildman–Crippen MR) is 50.3 cm³/mol. The van der Waals surface area contributed by atoms with Gasteiger partial charge in [0.2, 0.25) is 0 Å². The summed E-state index contributed by atoms with van der Waals surface area (Å²) in [5.41, 5.74) is 0. The van der Waals surface area contributed by atoms with E-state index in [-0.39, 0.29) is 5.97 Å². The summed E-state index contributed by atoms with van der Waals surface area (Å²) in [5.74, 6) is 0.209. The van der Waals surface area contributed by atoms with Crippen LogP contribution in [0.4, 0.5) is 0 Å². The van der Waals surface area contributed by atoms with Crippen LogP contribution >= 0.6 is 11.6 Å². The van der Waals surface area contributed by atoms with Gasteiger partial charge >= 0.3 is 5.97 Å². The first-order chi connectivity index (χ1) is 5.34. The smallest absolute Gasteiger partial charge is 0.326 e. The van der Waals surface area contributed by atoms with Crippen molar-refractivity contribution in [3.63, 3.8) is 0 Å². The van der Waals surface area contributed by atoms with Gasteiger partial charge in [-0.15, -0.1) is 11.6 Å². The second kappa shape index (κ2) is 4.70. The highest BCUT2D eigenvalue weighted by molar-refractivity contribution is 6.33. The molecule has 72 valence electrons. The molecule has 0 bridgehead atoms. The monoisotopic (exact) mass is 192 g/mol. The molecule has 0 spiro atoms. The largest absolute Gasteiger partial charge is 0.464 e. The third-order valence-electron chi connectivity index (χ3n) is 1.41. The lowest BCUT2D eigenvalue weighted by Crippen LogP contribution is -2.27. The fourth-order valence-electron chi connectivity index (χ4n) is 0.559. The molecule has 0 aliphatic rings. The van der Waals surface area contributed by atoms with Gasteiger partial charge in [-0.1, -0.05) is 13.8 Å². The van der Waals surface area contributed by atoms with Crippen LogP contribution in [0.25, 0.3) is 0 Å². The van der Waals surface area contributed by atoms with Crippen molar-refractivity contribution >= 4 is 17.6 Å². The highest BCUT2D eigenvalue weighted by Gasteiger charge is 2.25. The fourth-order valence-corrected chi connectivity index (χ4v) is 0.613. The van der Waals surface area contributed by atoms with Gasteiger partial charge < -0.3 is 4.74 Å². The molecule has 0 amide bonds. The Morgan fingerprint density at radius 2 is 2.00 bits per heavy atom. The Hall–Kier alpha value is -0.240. The van der Waals surface area contributed by atoms with E-state index in [1.54, 1.807) is 13.8 Å². The number of hydrogen-bond acceptors (Lipinski definition) is 2. The average molecular weight is 193 g/mol. The van der Waals surface area contributed by atoms with Crippen molar-refractivity contribution < 1.29 is 9.53 Å². The molecule has 0 atom stereocenters. The number of rotatable bonds is 4. The number of esters is 1. The van der Waals surface area contributed by atoms with Crippen LogP contribution < -0.4 is 0 Å². The molecular weight excluding hydrogens is 176 g/mol. The van der Waals surface area contributed by atoms with E-state index in [1.165, 1.54) is 0 Å². The van der Waals surface area contributed by atoms with E-state index < -0.39 is 4.87 Å². The molecule has 0 N–H and O–H groups in total. The Labute approximate surface area is 79.2 Å². The van der Waals surface area contributed by atoms with Crippen LogP contribution in [0, 0.1) is 5.92 Å². The van der Waals surface area contributed by atoms with Gasteiger partial charge in [-0.05, 0) is 26.2 Å². The quantitative estimate of drug-likeness (QED) is 0.506. The number of hydrogen-bond donors (Lipinski definition) is 0. The van der Waals surface area contributed by atoms with E-state index in [9.17, 15) is 4.79 Å². The minimum Gasteiger partial charge on any atom is -0.464 e. The Bertz CT molecular complexity index is 147. The van der Waals surface area contributed by atoms with E-state index in [2.05, 4.69) is 13.8 Å². The molecule has 0 unspecified atom stereocenters. The summed E-state index contributed by atoms with van der Waals surface area (Å²) in [4.78, 5) is 10.2. The van der Waals surface area contributed by atoms with Crippen molar-refractivity contribution in [2.45, 2.75) is 39.0 Å². The molecule has 0 aromatic heterocycles. The van der Waals surface area contributed by atoms with E-state index in [0.29, 0.717) is 12.5 Å². The lowest BCUT2D eigenvalue weighted by molar-refractivity contribution is -0.146. The first-order valence-electron chi connectivity index (χ1n) is 4.20. The molecule has 0 fully saturated rings. The zero-order valence-corrected chi connectivity index (χ0v) is 8.94. The summed E-state index contributed by atoms with van der Waals surface area (Å²) in [7, 11) is 0. The zero-order chi connectivity index (χ0) is 9.78. The molecule has 0 saturated heterocycles. The van der Waals surface area contributed by atoms with Crippen LogP contribution in [0.5, 0.6) is 0 Å². The third-order valence-corrected chi connectivity index (χ3v) is 1.57. The number of carbonyl (C=O) groups excluding carboxylic acids is 1. The average Bonchev–Trinajstić information content (AvgIpc) is 1.84. The predicted octanol–water partition coefficient (Wildman–Crippen LogP) is 2.59. The molecule has 12 heavy (non-hydrogen) atoms. The minimum atomic E-state index is -0.892. The normalized spacial score (nSPS) is 11.8. The maximum atomic E-state index is 11.1. The van der Waals surface area contributed by atoms with Crippen molar-refractivity contribution in [2.75, 3.05) is 6.61 Å². The highest BCUT2D eigenvalue weighted by atomic mass is 35.5. The number of halogens is 1. The van der Waals surface area contributed by atoms with E-state index >= 15 is 0 Å². The molecule has 0 aliphatic heterocycles. The summed E-state index contributed by atoms with van der Waals surface area (Å²) in [6.07, 6.45) is 0.888. The first kappa shape index (κ1) is 11.8. The van der Waals surface area contributed by atoms with Gasteiger partial charge in [0.15, 0.2) is 0 Å². The van der Waals surface area contributed by atoms with Crippen LogP contribution in [0.3, 0.4) is 0 Å². The lowest BCUT2D eigenvalue weighted by Gasteiger charge is -2.14. The summed E-state index contributed by atoms with van der Waals surface area (Å²) in [6.45, 7) is 7.89. The van der Waals surface area contributed by atoms with Crippen molar-refractivity contribution in [1.29, 1.82) is 0 Å². The highest BCUT2D eigenvalue weighted by Crippen LogP contribution is 2.14. The summed E-state index contributed by atoms with van der Waals surface area (Å²) >= 11 is 5.72. The van der Waals surface area contributed by atoms with Crippen LogP contribution in [-0.2, 0) is 9.53 Å². The maximum absolute atomic E-state index is 11.1. The van der Waals surface area contributed by atoms with Crippen LogP contribution in [0.15, 0.2) is 0 Å². The van der Waals surface area contributed by atoms with Gasteiger partial charge in [-0.25, -0.2) is 0 Å². The van der Waals surface area contributed by atoms with E-state index in [1.807, 2.05) is 0 Å². The first-order valence-corrected chi connectivity index (χ1v) is 4.58. The Morgan fingerprint density at radius 1 is 1.50 bits per heavy atom. The Balaban J connectivity index is 3.59. The van der Waals surface area contributed by atoms with Crippen LogP contribution in [0.2, 0.25) is 0 Å². The maximum Gasteiger partial charge on any atom is 0.326 e. The molecule has 0 radical (unpaired) electrons. The zero-order valence-electron chi connectivity index (χ0n) is 8.19. The second-order valence-electron chi connectivity index (χ2n) is 3.79. The van der Waals surface area contributed by atoms with E-state index in [4.69, 9.17) is 16.3 Å². The van der Waals surface area contributed by atoms with Crippen molar-refractivity contribution in [3.8, 4) is 0 Å². The van der Waals surface area contributed by atoms with Gasteiger partial charge in [0.25, 0.3) is 0 Å². The number of alkyl halides is 1. The van der Waals surface area contributed by atoms with Crippen LogP contribution in [-0.4, -0.2) is 17.5 Å². The Morgan fingerprint density at radius 3 is 2.33 bits per heavy atom. The molecule has 0 aromatic carbocycles. The molecular formula is C9H17ClO2. The SMILES string of the molecule is CC(C)CCOC(=O)C(C)(C)Cl. The van der Waals surface area contributed by atoms with Gasteiger partial charge in [0.05, 0.1) is 6.61 Å². The van der Waals surface area contributed by atoms with Crippen LogP contribution in [0.1, 0.15) is 34.1 Å². The molecule has 0 saturated carbocycles. The molecule has 0 aliphatic carbocycles. The second-order valence-corrected chi connectivity index (χ2v) is 4.74. The fraction of sp³-hybridized carbons (Fsp3) is 0.889. The van der Waals surface area contributed by atoms with Gasteiger partial charge in [-0.3, -0.25) is 4.79 Å². The van der Waals surface area contributed by atoms with Gasteiger partial charge in [0.1, 0.15) is 4.87 Å².